The number of nitrogens with zero attached hydrogens (tertiary/aromatic N) is 1. The van der Waals surface area contributed by atoms with Crippen molar-refractivity contribution in [1.29, 1.82) is 0 Å². The summed E-state index contributed by atoms with van der Waals surface area (Å²) < 4.78 is 0. The molecule has 0 aromatic carbocycles. The number of hydrogen-bond donors (Lipinski definition) is 2. The molecular formula is C17H39N3O. The van der Waals surface area contributed by atoms with Crippen LogP contribution in [0.3, 0.4) is 0 Å². The number of hydrogen-bond acceptors (Lipinski definition) is 3. The summed E-state index contributed by atoms with van der Waals surface area (Å²) in [5.41, 5.74) is 0. The summed E-state index contributed by atoms with van der Waals surface area (Å²) >= 11 is 0. The fourth-order valence-corrected chi connectivity index (χ4v) is 2.44. The van der Waals surface area contributed by atoms with Crippen molar-refractivity contribution in [2.24, 2.45) is 0 Å². The highest BCUT2D eigenvalue weighted by molar-refractivity contribution is 5.81. The van der Waals surface area contributed by atoms with Crippen LogP contribution in [0.1, 0.15) is 66.7 Å². The molecular weight excluding hydrogens is 262 g/mol. The second-order valence-electron chi connectivity index (χ2n) is 5.08. The van der Waals surface area contributed by atoms with Crippen LogP contribution in [-0.2, 0) is 4.79 Å². The van der Waals surface area contributed by atoms with Crippen LogP contribution < -0.4 is 10.6 Å². The number of amides is 1. The zero-order chi connectivity index (χ0) is 16.7. The first-order valence-corrected chi connectivity index (χ1v) is 8.83. The summed E-state index contributed by atoms with van der Waals surface area (Å²) in [5, 5.41) is 6.12. The average Bonchev–Trinajstić information content (AvgIpc) is 2.99. The molecule has 21 heavy (non-hydrogen) atoms. The van der Waals surface area contributed by atoms with E-state index in [1.807, 2.05) is 27.7 Å². The largest absolute Gasteiger partial charge is 0.358 e. The Kier molecular flexibility index (Phi) is 17.0. The second-order valence-corrected chi connectivity index (χ2v) is 5.08. The Morgan fingerprint density at radius 2 is 1.81 bits per heavy atom. The summed E-state index contributed by atoms with van der Waals surface area (Å²) in [5.74, 6) is 0.126. The van der Waals surface area contributed by atoms with E-state index in [1.54, 1.807) is 7.05 Å². The fourth-order valence-electron chi connectivity index (χ4n) is 2.44. The van der Waals surface area contributed by atoms with Crippen LogP contribution in [0.25, 0.3) is 0 Å². The molecule has 0 aliphatic carbocycles. The van der Waals surface area contributed by atoms with E-state index in [4.69, 9.17) is 0 Å². The predicted molar refractivity (Wildman–Crippen MR) is 93.7 cm³/mol. The Hall–Kier alpha value is -0.610. The molecule has 2 N–H and O–H groups in total. The van der Waals surface area contributed by atoms with E-state index in [0.717, 1.165) is 25.9 Å². The van der Waals surface area contributed by atoms with Crippen LogP contribution in [-0.4, -0.2) is 50.1 Å². The highest BCUT2D eigenvalue weighted by Crippen LogP contribution is 2.13. The standard InChI is InChI=1S/C13H27N3O.2C2H6/c1-4-5-6-9-16(3)10-11-7-8-12(15-11)13(17)14-2;2*1-2/h11-12,15H,4-10H2,1-3H3,(H,14,17);2*1-2H3. The summed E-state index contributed by atoms with van der Waals surface area (Å²) in [6.07, 6.45) is 5.93. The Bertz CT molecular complexity index is 234. The van der Waals surface area contributed by atoms with Gasteiger partial charge in [0, 0.05) is 19.6 Å². The quantitative estimate of drug-likeness (QED) is 0.710. The SMILES string of the molecule is CC.CC.CCCCCN(C)CC1CCC(C(=O)NC)N1. The third-order valence-corrected chi connectivity index (χ3v) is 3.48. The third-order valence-electron chi connectivity index (χ3n) is 3.48. The highest BCUT2D eigenvalue weighted by atomic mass is 16.2. The minimum atomic E-state index is 0.0223. The molecule has 1 fully saturated rings. The minimum absolute atomic E-state index is 0.0223. The van der Waals surface area contributed by atoms with Crippen molar-refractivity contribution in [2.75, 3.05) is 27.2 Å². The molecule has 4 heteroatoms. The molecule has 0 radical (unpaired) electrons. The van der Waals surface area contributed by atoms with Gasteiger partial charge in [0.25, 0.3) is 0 Å². The van der Waals surface area contributed by atoms with Gasteiger partial charge < -0.3 is 15.5 Å². The average molecular weight is 302 g/mol. The lowest BCUT2D eigenvalue weighted by Gasteiger charge is -2.21. The molecule has 0 aromatic rings. The minimum Gasteiger partial charge on any atom is -0.358 e. The molecule has 128 valence electrons. The van der Waals surface area contributed by atoms with E-state index in [0.29, 0.717) is 6.04 Å². The van der Waals surface area contributed by atoms with Gasteiger partial charge in [0.2, 0.25) is 5.91 Å². The van der Waals surface area contributed by atoms with Crippen LogP contribution in [0.4, 0.5) is 0 Å². The first kappa shape index (κ1) is 22.7. The van der Waals surface area contributed by atoms with E-state index in [-0.39, 0.29) is 11.9 Å². The van der Waals surface area contributed by atoms with Gasteiger partial charge in [0.1, 0.15) is 0 Å². The van der Waals surface area contributed by atoms with Gasteiger partial charge in [-0.05, 0) is 32.9 Å². The maximum atomic E-state index is 11.5. The Morgan fingerprint density at radius 1 is 1.19 bits per heavy atom. The molecule has 1 aliphatic rings. The van der Waals surface area contributed by atoms with E-state index in [2.05, 4.69) is 29.5 Å². The van der Waals surface area contributed by atoms with E-state index < -0.39 is 0 Å². The molecule has 2 atom stereocenters. The number of unbranched alkanes of at least 4 members (excludes halogenated alkanes) is 2. The van der Waals surface area contributed by atoms with Crippen molar-refractivity contribution >= 4 is 5.91 Å². The van der Waals surface area contributed by atoms with Crippen LogP contribution >= 0.6 is 0 Å². The molecule has 4 nitrogen and oxygen atoms in total. The molecule has 0 spiro atoms. The number of carbonyl (C=O) groups is 1. The molecule has 1 heterocycles. The molecule has 1 rings (SSSR count). The number of likely N-dealkylation sites (N-methyl/N-ethyl adjacent to an activating group) is 2. The normalized spacial score (nSPS) is 20.2. The van der Waals surface area contributed by atoms with Crippen molar-refractivity contribution < 1.29 is 4.79 Å². The number of rotatable bonds is 7. The summed E-state index contributed by atoms with van der Waals surface area (Å²) in [4.78, 5) is 13.8. The summed E-state index contributed by atoms with van der Waals surface area (Å²) in [6, 6.07) is 0.498. The van der Waals surface area contributed by atoms with Gasteiger partial charge in [0.15, 0.2) is 0 Å². The molecule has 1 aliphatic heterocycles. The highest BCUT2D eigenvalue weighted by Gasteiger charge is 2.28. The molecule has 0 aromatic heterocycles. The maximum Gasteiger partial charge on any atom is 0.236 e. The smallest absolute Gasteiger partial charge is 0.236 e. The summed E-state index contributed by atoms with van der Waals surface area (Å²) in [6.45, 7) is 12.4. The Morgan fingerprint density at radius 3 is 2.33 bits per heavy atom. The fraction of sp³-hybridized carbons (Fsp3) is 0.941. The van der Waals surface area contributed by atoms with Crippen LogP contribution in [0.2, 0.25) is 0 Å². The van der Waals surface area contributed by atoms with Gasteiger partial charge in [-0.25, -0.2) is 0 Å². The number of carbonyl (C=O) groups excluding carboxylic acids is 1. The monoisotopic (exact) mass is 301 g/mol. The van der Waals surface area contributed by atoms with Gasteiger partial charge in [-0.3, -0.25) is 4.79 Å². The van der Waals surface area contributed by atoms with Gasteiger partial charge in [-0.1, -0.05) is 47.5 Å². The van der Waals surface area contributed by atoms with Crippen LogP contribution in [0, 0.1) is 0 Å². The number of nitrogens with one attached hydrogen (secondary N) is 2. The van der Waals surface area contributed by atoms with E-state index in [9.17, 15) is 4.79 Å². The molecule has 0 bridgehead atoms. The first-order valence-electron chi connectivity index (χ1n) is 8.83. The first-order chi connectivity index (χ1) is 10.2. The maximum absolute atomic E-state index is 11.5. The van der Waals surface area contributed by atoms with Crippen LogP contribution in [0.15, 0.2) is 0 Å². The summed E-state index contributed by atoms with van der Waals surface area (Å²) in [7, 11) is 3.87. The Labute approximate surface area is 133 Å². The van der Waals surface area contributed by atoms with Gasteiger partial charge in [-0.2, -0.15) is 0 Å². The molecule has 1 amide bonds. The van der Waals surface area contributed by atoms with Crippen molar-refractivity contribution in [2.45, 2.75) is 78.8 Å². The van der Waals surface area contributed by atoms with Crippen molar-refractivity contribution in [3.63, 3.8) is 0 Å². The van der Waals surface area contributed by atoms with Crippen molar-refractivity contribution in [3.05, 3.63) is 0 Å². The zero-order valence-electron chi connectivity index (χ0n) is 15.5. The predicted octanol–water partition coefficient (Wildman–Crippen LogP) is 3.03. The van der Waals surface area contributed by atoms with Crippen molar-refractivity contribution in [1.82, 2.24) is 15.5 Å². The van der Waals surface area contributed by atoms with Gasteiger partial charge >= 0.3 is 0 Å². The molecule has 2 unspecified atom stereocenters. The van der Waals surface area contributed by atoms with Gasteiger partial charge in [-0.15, -0.1) is 0 Å². The van der Waals surface area contributed by atoms with E-state index >= 15 is 0 Å². The Balaban J connectivity index is 0. The lowest BCUT2D eigenvalue weighted by molar-refractivity contribution is -0.122. The second kappa shape index (κ2) is 15.8. The van der Waals surface area contributed by atoms with Crippen LogP contribution in [0.5, 0.6) is 0 Å². The lowest BCUT2D eigenvalue weighted by Crippen LogP contribution is -2.44. The topological polar surface area (TPSA) is 44.4 Å². The molecule has 0 saturated carbocycles. The molecule has 1 saturated heterocycles. The third kappa shape index (κ3) is 10.7. The van der Waals surface area contributed by atoms with Crippen molar-refractivity contribution in [3.8, 4) is 0 Å². The van der Waals surface area contributed by atoms with Gasteiger partial charge in [0.05, 0.1) is 6.04 Å². The van der Waals surface area contributed by atoms with E-state index in [1.165, 1.54) is 19.3 Å². The lowest BCUT2D eigenvalue weighted by atomic mass is 10.2. The zero-order valence-corrected chi connectivity index (χ0v) is 15.5.